The second kappa shape index (κ2) is 9.86. The molecule has 2 aliphatic carbocycles. The molecule has 1 saturated carbocycles. The number of anilines is 1. The number of allylic oxidation sites excluding steroid dienone is 2. The van der Waals surface area contributed by atoms with Crippen LogP contribution in [0, 0.1) is 23.7 Å². The van der Waals surface area contributed by atoms with Gasteiger partial charge in [0.1, 0.15) is 5.75 Å². The number of amides is 4. The lowest BCUT2D eigenvalue weighted by Crippen LogP contribution is -2.53. The number of rotatable bonds is 3. The van der Waals surface area contributed by atoms with E-state index in [4.69, 9.17) is 11.6 Å². The minimum atomic E-state index is -1.43. The van der Waals surface area contributed by atoms with Crippen LogP contribution < -0.4 is 4.90 Å². The number of fused-ring (bicyclic) bond motifs is 5. The number of phenols is 1. The Morgan fingerprint density at radius 3 is 2.27 bits per heavy atom. The van der Waals surface area contributed by atoms with Crippen molar-refractivity contribution in [3.63, 3.8) is 0 Å². The molecule has 4 amide bonds. The van der Waals surface area contributed by atoms with Crippen LogP contribution in [-0.4, -0.2) is 39.0 Å². The topological polar surface area (TPSA) is 115 Å². The predicted octanol–water partition coefficient (Wildman–Crippen LogP) is 5.75. The standard InChI is InChI=1S/C36H27ClN2O6/c37-20-9-6-10-21(17-20)38-33(42)28-18-27-25(13-14-26-30(27)34(43)39(45)32(26)41)31(36(28,35(38)44)19-7-2-1-3-8-19)24-15-16-29(40)23-12-5-4-11-22(23)24/h1-13,15-17,26-28,30-31,40,45H,14,18H2/t26-,27+,28-,30-,31-,36+/m0/s1. The van der Waals surface area contributed by atoms with Crippen LogP contribution in [0.2, 0.25) is 5.02 Å². The molecule has 0 aromatic heterocycles. The molecular formula is C36H27ClN2O6. The lowest BCUT2D eigenvalue weighted by atomic mass is 9.49. The zero-order valence-corrected chi connectivity index (χ0v) is 24.6. The maximum atomic E-state index is 15.3. The van der Waals surface area contributed by atoms with E-state index in [0.717, 1.165) is 11.1 Å². The third kappa shape index (κ3) is 3.63. The summed E-state index contributed by atoms with van der Waals surface area (Å²) >= 11 is 6.35. The molecule has 6 atom stereocenters. The molecule has 4 aromatic carbocycles. The van der Waals surface area contributed by atoms with Crippen LogP contribution >= 0.6 is 11.6 Å². The van der Waals surface area contributed by atoms with Gasteiger partial charge in [-0.2, -0.15) is 5.06 Å². The van der Waals surface area contributed by atoms with E-state index in [1.807, 2.05) is 54.6 Å². The fraction of sp³-hybridized carbons (Fsp3) is 0.222. The van der Waals surface area contributed by atoms with Gasteiger partial charge in [0, 0.05) is 16.3 Å². The Labute approximate surface area is 263 Å². The molecule has 2 saturated heterocycles. The average Bonchev–Trinajstić information content (AvgIpc) is 3.42. The van der Waals surface area contributed by atoms with Gasteiger partial charge in [-0.25, -0.2) is 4.90 Å². The minimum absolute atomic E-state index is 0.0755. The Morgan fingerprint density at radius 1 is 0.778 bits per heavy atom. The maximum Gasteiger partial charge on any atom is 0.257 e. The highest BCUT2D eigenvalue weighted by atomic mass is 35.5. The first-order chi connectivity index (χ1) is 21.7. The van der Waals surface area contributed by atoms with E-state index in [2.05, 4.69) is 0 Å². The molecule has 0 bridgehead atoms. The Morgan fingerprint density at radius 2 is 1.51 bits per heavy atom. The van der Waals surface area contributed by atoms with Gasteiger partial charge in [0.05, 0.1) is 28.9 Å². The monoisotopic (exact) mass is 618 g/mol. The van der Waals surface area contributed by atoms with Crippen molar-refractivity contribution in [2.45, 2.75) is 24.2 Å². The summed E-state index contributed by atoms with van der Waals surface area (Å²) in [7, 11) is 0. The Kier molecular flexibility index (Phi) is 6.08. The zero-order chi connectivity index (χ0) is 31.2. The van der Waals surface area contributed by atoms with Gasteiger partial charge in [-0.15, -0.1) is 0 Å². The van der Waals surface area contributed by atoms with E-state index in [9.17, 15) is 24.7 Å². The van der Waals surface area contributed by atoms with E-state index in [0.29, 0.717) is 27.0 Å². The lowest BCUT2D eigenvalue weighted by Gasteiger charge is -2.51. The molecule has 9 heteroatoms. The molecule has 0 radical (unpaired) electrons. The Bertz CT molecular complexity index is 1990. The maximum absolute atomic E-state index is 15.3. The van der Waals surface area contributed by atoms with Crippen molar-refractivity contribution in [3.8, 4) is 5.75 Å². The van der Waals surface area contributed by atoms with Crippen LogP contribution in [0.1, 0.15) is 29.9 Å². The number of benzene rings is 4. The smallest absolute Gasteiger partial charge is 0.257 e. The second-order valence-electron chi connectivity index (χ2n) is 12.3. The van der Waals surface area contributed by atoms with Crippen molar-refractivity contribution < 1.29 is 29.5 Å². The van der Waals surface area contributed by atoms with E-state index in [1.54, 1.807) is 42.5 Å². The number of phenolic OH excluding ortho intramolecular Hbond substituents is 1. The van der Waals surface area contributed by atoms with Gasteiger partial charge in [-0.05, 0) is 59.5 Å². The van der Waals surface area contributed by atoms with Gasteiger partial charge in [-0.1, -0.05) is 90.0 Å². The second-order valence-corrected chi connectivity index (χ2v) is 12.7. The average molecular weight is 619 g/mol. The van der Waals surface area contributed by atoms with Crippen molar-refractivity contribution in [2.24, 2.45) is 23.7 Å². The summed E-state index contributed by atoms with van der Waals surface area (Å²) in [4.78, 5) is 57.6. The third-order valence-electron chi connectivity index (χ3n) is 10.4. The van der Waals surface area contributed by atoms with Crippen LogP contribution in [0.3, 0.4) is 0 Å². The fourth-order valence-electron chi connectivity index (χ4n) is 8.63. The van der Waals surface area contributed by atoms with E-state index in [1.165, 1.54) is 4.90 Å². The van der Waals surface area contributed by atoms with Gasteiger partial charge in [0.2, 0.25) is 11.8 Å². The van der Waals surface area contributed by atoms with Crippen LogP contribution in [0.25, 0.3) is 10.8 Å². The van der Waals surface area contributed by atoms with Crippen LogP contribution in [0.5, 0.6) is 5.75 Å². The molecular weight excluding hydrogens is 592 g/mol. The summed E-state index contributed by atoms with van der Waals surface area (Å²) in [5.41, 5.74) is 1.07. The SMILES string of the molecule is O=C1[C@H]2[C@H](CC=C3[C@H]2C[C@H]2C(=O)N(c4cccc(Cl)c4)C(=O)[C@@]2(c2ccccc2)[C@H]3c2ccc(O)c3ccccc23)C(=O)N1O. The van der Waals surface area contributed by atoms with Crippen molar-refractivity contribution in [1.82, 2.24) is 5.06 Å². The van der Waals surface area contributed by atoms with Gasteiger partial charge in [-0.3, -0.25) is 24.4 Å². The highest BCUT2D eigenvalue weighted by molar-refractivity contribution is 6.32. The van der Waals surface area contributed by atoms with Gasteiger partial charge in [0.25, 0.3) is 11.8 Å². The molecule has 3 fully saturated rings. The summed E-state index contributed by atoms with van der Waals surface area (Å²) in [6.07, 6.45) is 2.27. The molecule has 4 aliphatic rings. The molecule has 0 spiro atoms. The predicted molar refractivity (Wildman–Crippen MR) is 165 cm³/mol. The number of hydrogen-bond acceptors (Lipinski definition) is 6. The number of nitrogens with zero attached hydrogens (tertiary/aromatic N) is 2. The van der Waals surface area contributed by atoms with Gasteiger partial charge >= 0.3 is 0 Å². The fourth-order valence-corrected chi connectivity index (χ4v) is 8.81. The first-order valence-electron chi connectivity index (χ1n) is 14.9. The molecule has 224 valence electrons. The quantitative estimate of drug-likeness (QED) is 0.172. The number of carbonyl (C=O) groups excluding carboxylic acids is 4. The molecule has 8 nitrogen and oxygen atoms in total. The van der Waals surface area contributed by atoms with Crippen LogP contribution in [-0.2, 0) is 24.6 Å². The Balaban J connectivity index is 1.46. The van der Waals surface area contributed by atoms with E-state index in [-0.39, 0.29) is 23.7 Å². The summed E-state index contributed by atoms with van der Waals surface area (Å²) in [5, 5.41) is 23.1. The number of aromatic hydroxyl groups is 1. The largest absolute Gasteiger partial charge is 0.507 e. The van der Waals surface area contributed by atoms with Crippen molar-refractivity contribution in [3.05, 3.63) is 119 Å². The summed E-state index contributed by atoms with van der Waals surface area (Å²) in [6, 6.07) is 26.6. The summed E-state index contributed by atoms with van der Waals surface area (Å²) < 4.78 is 0. The molecule has 8 rings (SSSR count). The van der Waals surface area contributed by atoms with Crippen molar-refractivity contribution in [2.75, 3.05) is 4.90 Å². The molecule has 4 aromatic rings. The molecule has 2 aliphatic heterocycles. The van der Waals surface area contributed by atoms with Crippen LogP contribution in [0.4, 0.5) is 5.69 Å². The first kappa shape index (κ1) is 27.7. The number of carbonyl (C=O) groups is 4. The van der Waals surface area contributed by atoms with Gasteiger partial charge in [0.15, 0.2) is 0 Å². The third-order valence-corrected chi connectivity index (χ3v) is 10.6. The first-order valence-corrected chi connectivity index (χ1v) is 15.3. The molecule has 2 heterocycles. The lowest BCUT2D eigenvalue weighted by molar-refractivity contribution is -0.173. The number of hydroxylamine groups is 2. The minimum Gasteiger partial charge on any atom is -0.507 e. The highest BCUT2D eigenvalue weighted by Crippen LogP contribution is 2.65. The van der Waals surface area contributed by atoms with E-state index >= 15 is 4.79 Å². The number of imide groups is 2. The molecule has 0 unspecified atom stereocenters. The Hall–Kier alpha value is -4.79. The number of hydrogen-bond donors (Lipinski definition) is 2. The summed E-state index contributed by atoms with van der Waals surface area (Å²) in [5.74, 6) is -5.97. The highest BCUT2D eigenvalue weighted by Gasteiger charge is 2.70. The van der Waals surface area contributed by atoms with Crippen LogP contribution in [0.15, 0.2) is 103 Å². The van der Waals surface area contributed by atoms with E-state index < -0.39 is 58.6 Å². The van der Waals surface area contributed by atoms with Crippen molar-refractivity contribution >= 4 is 51.7 Å². The normalized spacial score (nSPS) is 29.1. The van der Waals surface area contributed by atoms with Gasteiger partial charge < -0.3 is 5.11 Å². The summed E-state index contributed by atoms with van der Waals surface area (Å²) in [6.45, 7) is 0. The molecule has 2 N–H and O–H groups in total. The molecule has 45 heavy (non-hydrogen) atoms. The van der Waals surface area contributed by atoms with Crippen molar-refractivity contribution in [1.29, 1.82) is 0 Å². The zero-order valence-electron chi connectivity index (χ0n) is 23.8. The number of halogens is 1.